The van der Waals surface area contributed by atoms with Crippen molar-refractivity contribution in [1.29, 1.82) is 0 Å². The molecular weight excluding hydrogens is 502 g/mol. The number of nitrogens with one attached hydrogen (secondary N) is 2. The number of amides is 2. The van der Waals surface area contributed by atoms with Gasteiger partial charge in [0.2, 0.25) is 5.75 Å². The maximum absolute atomic E-state index is 12.3. The summed E-state index contributed by atoms with van der Waals surface area (Å²) in [6.45, 7) is -0.279. The monoisotopic (exact) mass is 517 g/mol. The van der Waals surface area contributed by atoms with Crippen molar-refractivity contribution in [2.24, 2.45) is 5.10 Å². The Morgan fingerprint density at radius 3 is 2.25 bits per heavy atom. The van der Waals surface area contributed by atoms with E-state index in [4.69, 9.17) is 18.6 Å². The quantitative estimate of drug-likeness (QED) is 0.410. The highest BCUT2D eigenvalue weighted by Crippen LogP contribution is 2.38. The highest BCUT2D eigenvalue weighted by Gasteiger charge is 2.17. The lowest BCUT2D eigenvalue weighted by Gasteiger charge is -2.13. The molecule has 150 valence electrons. The summed E-state index contributed by atoms with van der Waals surface area (Å²) in [6.07, 6.45) is 1.33. The van der Waals surface area contributed by atoms with E-state index in [0.29, 0.717) is 27.7 Å². The molecule has 9 nitrogen and oxygen atoms in total. The van der Waals surface area contributed by atoms with Gasteiger partial charge in [-0.25, -0.2) is 5.43 Å². The summed E-state index contributed by atoms with van der Waals surface area (Å²) in [4.78, 5) is 24.1. The van der Waals surface area contributed by atoms with Crippen LogP contribution in [0, 0.1) is 0 Å². The Bertz CT molecular complexity index is 853. The van der Waals surface area contributed by atoms with Crippen molar-refractivity contribution in [3.8, 4) is 17.2 Å². The van der Waals surface area contributed by atoms with Gasteiger partial charge in [0, 0.05) is 11.6 Å². The van der Waals surface area contributed by atoms with E-state index in [1.807, 2.05) is 0 Å². The van der Waals surface area contributed by atoms with Gasteiger partial charge in [-0.15, -0.1) is 0 Å². The molecule has 0 aliphatic heterocycles. The number of nitrogens with zero attached hydrogens (tertiary/aromatic N) is 1. The summed E-state index contributed by atoms with van der Waals surface area (Å²) in [5, 5.41) is 6.24. The average molecular weight is 519 g/mol. The molecule has 0 aliphatic rings. The number of carbonyl (C=O) groups excluding carboxylic acids is 2. The summed E-state index contributed by atoms with van der Waals surface area (Å²) in [5.41, 5.74) is 2.53. The second-order valence-electron chi connectivity index (χ2n) is 5.16. The van der Waals surface area contributed by atoms with Gasteiger partial charge < -0.3 is 23.9 Å². The highest BCUT2D eigenvalue weighted by molar-refractivity contribution is 9.13. The van der Waals surface area contributed by atoms with Crippen LogP contribution in [0.15, 0.2) is 36.9 Å². The summed E-state index contributed by atoms with van der Waals surface area (Å²) >= 11 is 6.46. The molecule has 2 amide bonds. The summed E-state index contributed by atoms with van der Waals surface area (Å²) in [7, 11) is 4.35. The van der Waals surface area contributed by atoms with Crippen molar-refractivity contribution in [2.75, 3.05) is 27.9 Å². The molecule has 2 aromatic rings. The van der Waals surface area contributed by atoms with E-state index >= 15 is 0 Å². The summed E-state index contributed by atoms with van der Waals surface area (Å²) in [6, 6.07) is 4.64. The van der Waals surface area contributed by atoms with Crippen molar-refractivity contribution in [2.45, 2.75) is 0 Å². The van der Waals surface area contributed by atoms with Gasteiger partial charge in [-0.3, -0.25) is 9.59 Å². The van der Waals surface area contributed by atoms with Gasteiger partial charge in [0.25, 0.3) is 11.8 Å². The fourth-order valence-corrected chi connectivity index (χ4v) is 2.72. The topological polar surface area (TPSA) is 111 Å². The Hall–Kier alpha value is -2.53. The van der Waals surface area contributed by atoms with Gasteiger partial charge in [0.15, 0.2) is 16.2 Å². The average Bonchev–Trinajstić information content (AvgIpc) is 3.01. The number of ether oxygens (including phenoxy) is 3. The Balaban J connectivity index is 1.95. The first-order valence-electron chi connectivity index (χ1n) is 7.74. The number of hydrogen-bond donors (Lipinski definition) is 2. The smallest absolute Gasteiger partial charge is 0.259 e. The number of benzene rings is 1. The fourth-order valence-electron chi connectivity index (χ4n) is 2.11. The lowest BCUT2D eigenvalue weighted by molar-refractivity contribution is -0.120. The lowest BCUT2D eigenvalue weighted by atomic mass is 10.1. The van der Waals surface area contributed by atoms with Crippen molar-refractivity contribution in [3.05, 3.63) is 38.7 Å². The van der Waals surface area contributed by atoms with Crippen LogP contribution in [0.3, 0.4) is 0 Å². The van der Waals surface area contributed by atoms with Crippen LogP contribution in [0.2, 0.25) is 0 Å². The first kappa shape index (κ1) is 21.8. The van der Waals surface area contributed by atoms with Crippen LogP contribution in [0.25, 0.3) is 0 Å². The molecule has 11 heteroatoms. The third-order valence-electron chi connectivity index (χ3n) is 3.38. The highest BCUT2D eigenvalue weighted by atomic mass is 79.9. The van der Waals surface area contributed by atoms with Gasteiger partial charge in [-0.05, 0) is 44.0 Å². The zero-order chi connectivity index (χ0) is 20.7. The number of methoxy groups -OCH3 is 3. The SMILES string of the molecule is COc1cc(C(=O)NCC(=O)NN=Cc2cc(Br)c(Br)o2)cc(OC)c1OC. The van der Waals surface area contributed by atoms with Crippen LogP contribution >= 0.6 is 31.9 Å². The van der Waals surface area contributed by atoms with Crippen molar-refractivity contribution >= 4 is 49.9 Å². The van der Waals surface area contributed by atoms with E-state index in [-0.39, 0.29) is 12.1 Å². The van der Waals surface area contributed by atoms with Crippen molar-refractivity contribution in [1.82, 2.24) is 10.7 Å². The molecule has 0 unspecified atom stereocenters. The van der Waals surface area contributed by atoms with Crippen LogP contribution in [0.4, 0.5) is 0 Å². The lowest BCUT2D eigenvalue weighted by Crippen LogP contribution is -2.34. The van der Waals surface area contributed by atoms with Crippen molar-refractivity contribution < 1.29 is 28.2 Å². The van der Waals surface area contributed by atoms with Gasteiger partial charge in [0.05, 0.1) is 38.6 Å². The van der Waals surface area contributed by atoms with Gasteiger partial charge >= 0.3 is 0 Å². The Labute approximate surface area is 177 Å². The molecule has 2 N–H and O–H groups in total. The number of halogens is 2. The van der Waals surface area contributed by atoms with Crippen LogP contribution in [-0.4, -0.2) is 45.9 Å². The maximum Gasteiger partial charge on any atom is 0.259 e. The van der Waals surface area contributed by atoms with Crippen molar-refractivity contribution in [3.63, 3.8) is 0 Å². The third-order valence-corrected chi connectivity index (χ3v) is 5.09. The van der Waals surface area contributed by atoms with E-state index in [9.17, 15) is 9.59 Å². The molecule has 0 saturated heterocycles. The minimum Gasteiger partial charge on any atom is -0.493 e. The minimum absolute atomic E-state index is 0.246. The molecule has 0 spiro atoms. The van der Waals surface area contributed by atoms with Crippen LogP contribution in [-0.2, 0) is 4.79 Å². The standard InChI is InChI=1S/C17H17Br2N3O6/c1-25-12-4-9(5-13(26-2)15(12)27-3)17(24)20-8-14(23)22-21-7-10-6-11(18)16(19)28-10/h4-7H,8H2,1-3H3,(H,20,24)(H,22,23). The number of carbonyl (C=O) groups is 2. The van der Waals surface area contributed by atoms with Gasteiger partial charge in [0.1, 0.15) is 5.76 Å². The molecule has 1 heterocycles. The van der Waals surface area contributed by atoms with E-state index in [1.54, 1.807) is 6.07 Å². The predicted octanol–water partition coefficient (Wildman–Crippen LogP) is 2.71. The molecule has 0 fully saturated rings. The zero-order valence-corrected chi connectivity index (χ0v) is 18.3. The second-order valence-corrected chi connectivity index (χ2v) is 6.73. The summed E-state index contributed by atoms with van der Waals surface area (Å²) < 4.78 is 22.1. The van der Waals surface area contributed by atoms with Crippen LogP contribution < -0.4 is 25.0 Å². The number of rotatable bonds is 8. The van der Waals surface area contributed by atoms with Gasteiger partial charge in [-0.1, -0.05) is 0 Å². The molecule has 0 radical (unpaired) electrons. The first-order chi connectivity index (χ1) is 13.4. The molecule has 2 rings (SSSR count). The predicted molar refractivity (Wildman–Crippen MR) is 108 cm³/mol. The minimum atomic E-state index is -0.512. The third kappa shape index (κ3) is 5.49. The van der Waals surface area contributed by atoms with Crippen LogP contribution in [0.5, 0.6) is 17.2 Å². The fraction of sp³-hybridized carbons (Fsp3) is 0.235. The molecule has 1 aromatic carbocycles. The molecular formula is C17H17Br2N3O6. The van der Waals surface area contributed by atoms with E-state index in [2.05, 4.69) is 47.7 Å². The molecule has 0 bridgehead atoms. The number of hydrogen-bond acceptors (Lipinski definition) is 7. The number of furan rings is 1. The Morgan fingerprint density at radius 2 is 1.75 bits per heavy atom. The number of hydrazone groups is 1. The zero-order valence-electron chi connectivity index (χ0n) is 15.2. The van der Waals surface area contributed by atoms with E-state index in [0.717, 1.165) is 4.47 Å². The normalized spacial score (nSPS) is 10.6. The largest absolute Gasteiger partial charge is 0.493 e. The summed E-state index contributed by atoms with van der Waals surface area (Å²) in [5.74, 6) is 0.456. The Kier molecular flexibility index (Phi) is 7.88. The molecule has 0 aliphatic carbocycles. The second kappa shape index (κ2) is 10.1. The van der Waals surface area contributed by atoms with Crippen LogP contribution in [0.1, 0.15) is 16.1 Å². The van der Waals surface area contributed by atoms with Gasteiger partial charge in [-0.2, -0.15) is 5.10 Å². The molecule has 0 saturated carbocycles. The maximum atomic E-state index is 12.3. The molecule has 28 heavy (non-hydrogen) atoms. The molecule has 0 atom stereocenters. The van der Waals surface area contributed by atoms with E-state index in [1.165, 1.54) is 39.7 Å². The molecule has 1 aromatic heterocycles. The first-order valence-corrected chi connectivity index (χ1v) is 9.33. The van der Waals surface area contributed by atoms with E-state index < -0.39 is 11.8 Å². The Morgan fingerprint density at radius 1 is 1.11 bits per heavy atom.